The van der Waals surface area contributed by atoms with Gasteiger partial charge in [0, 0.05) is 56.5 Å². The lowest BCUT2D eigenvalue weighted by Gasteiger charge is -2.42. The molecule has 9 aromatic carbocycles. The predicted molar refractivity (Wildman–Crippen MR) is 281 cm³/mol. The Morgan fingerprint density at radius 2 is 0.648 bits per heavy atom. The minimum atomic E-state index is -0.00470. The highest BCUT2D eigenvalue weighted by atomic mass is 15.1. The van der Waals surface area contributed by atoms with Crippen molar-refractivity contribution in [3.8, 4) is 85.4 Å². The van der Waals surface area contributed by atoms with Gasteiger partial charge < -0.3 is 0 Å². The number of imidazole rings is 1. The molecule has 3 heterocycles. The fourth-order valence-electron chi connectivity index (χ4n) is 10.7. The number of rotatable bonds is 8. The van der Waals surface area contributed by atoms with E-state index in [4.69, 9.17) is 34.9 Å². The van der Waals surface area contributed by atoms with Crippen LogP contribution in [0.3, 0.4) is 0 Å². The molecule has 332 valence electrons. The van der Waals surface area contributed by atoms with Gasteiger partial charge in [-0.05, 0) is 69.8 Å². The standard InChI is InChI=1S/C63H40N8/c1-5-19-39(20-6-1)57-65-58(40-21-7-2-8-22-40)67-60(66-57)42-33-35-47-51(37-42)55-45-27-13-14-28-46(45)56(47)52-38-43(34-36-48(52)55)61-68-59(41-23-9-3-10-24-41)69-62(70-61)49-29-15-16-30-50(49)63-64-53-31-17-18-32-54(53)71(63)44-25-11-4-12-26-44/h1-38,55-56H. The molecule has 0 saturated heterocycles. The second-order valence-corrected chi connectivity index (χ2v) is 18.0. The molecular formula is C63H40N8. The Balaban J connectivity index is 0.906. The number of benzene rings is 9. The van der Waals surface area contributed by atoms with Crippen molar-refractivity contribution in [1.29, 1.82) is 0 Å². The van der Waals surface area contributed by atoms with Gasteiger partial charge in [0.05, 0.1) is 11.0 Å². The second kappa shape index (κ2) is 16.6. The normalized spacial score (nSPS) is 14.2. The molecule has 0 amide bonds. The molecule has 2 bridgehead atoms. The molecule has 0 aliphatic heterocycles. The zero-order chi connectivity index (χ0) is 46.8. The third-order valence-electron chi connectivity index (χ3n) is 13.9. The minimum Gasteiger partial charge on any atom is -0.292 e. The molecule has 3 aliphatic carbocycles. The third-order valence-corrected chi connectivity index (χ3v) is 13.9. The van der Waals surface area contributed by atoms with Gasteiger partial charge in [0.1, 0.15) is 5.82 Å². The van der Waals surface area contributed by atoms with Crippen LogP contribution in [0.2, 0.25) is 0 Å². The Bertz CT molecular complexity index is 3950. The molecule has 0 saturated carbocycles. The maximum atomic E-state index is 5.37. The summed E-state index contributed by atoms with van der Waals surface area (Å²) < 4.78 is 2.22. The molecular weight excluding hydrogens is 869 g/mol. The topological polar surface area (TPSA) is 95.2 Å². The van der Waals surface area contributed by atoms with Crippen molar-refractivity contribution in [2.24, 2.45) is 0 Å². The first-order chi connectivity index (χ1) is 35.2. The van der Waals surface area contributed by atoms with E-state index in [-0.39, 0.29) is 11.8 Å². The van der Waals surface area contributed by atoms with Gasteiger partial charge in [-0.25, -0.2) is 34.9 Å². The van der Waals surface area contributed by atoms with E-state index >= 15 is 0 Å². The Labute approximate surface area is 409 Å². The lowest BCUT2D eigenvalue weighted by Crippen LogP contribution is -2.27. The summed E-state index contributed by atoms with van der Waals surface area (Å²) in [6, 6.07) is 79.9. The average Bonchev–Trinajstić information content (AvgIpc) is 3.85. The number of aromatic nitrogens is 8. The summed E-state index contributed by atoms with van der Waals surface area (Å²) in [4.78, 5) is 36.3. The van der Waals surface area contributed by atoms with Crippen LogP contribution in [0, 0.1) is 0 Å². The maximum Gasteiger partial charge on any atom is 0.164 e. The molecule has 71 heavy (non-hydrogen) atoms. The van der Waals surface area contributed by atoms with E-state index in [1.807, 2.05) is 97.1 Å². The Morgan fingerprint density at radius 1 is 0.268 bits per heavy atom. The van der Waals surface area contributed by atoms with E-state index in [0.29, 0.717) is 34.9 Å². The lowest BCUT2D eigenvalue weighted by atomic mass is 9.61. The summed E-state index contributed by atoms with van der Waals surface area (Å²) in [5.41, 5.74) is 17.1. The smallest absolute Gasteiger partial charge is 0.164 e. The summed E-state index contributed by atoms with van der Waals surface area (Å²) in [5.74, 6) is 4.51. The Hall–Kier alpha value is -9.53. The van der Waals surface area contributed by atoms with Crippen LogP contribution in [0.4, 0.5) is 0 Å². The molecule has 12 aromatic rings. The summed E-state index contributed by atoms with van der Waals surface area (Å²) >= 11 is 0. The Morgan fingerprint density at radius 3 is 1.15 bits per heavy atom. The van der Waals surface area contributed by atoms with Crippen molar-refractivity contribution in [2.75, 3.05) is 0 Å². The number of nitrogens with zero attached hydrogens (tertiary/aromatic N) is 8. The predicted octanol–water partition coefficient (Wildman–Crippen LogP) is 14.1. The zero-order valence-corrected chi connectivity index (χ0v) is 38.2. The largest absolute Gasteiger partial charge is 0.292 e. The highest BCUT2D eigenvalue weighted by Gasteiger charge is 2.41. The molecule has 3 aliphatic rings. The molecule has 2 atom stereocenters. The van der Waals surface area contributed by atoms with Gasteiger partial charge >= 0.3 is 0 Å². The zero-order valence-electron chi connectivity index (χ0n) is 38.2. The van der Waals surface area contributed by atoms with Crippen LogP contribution < -0.4 is 0 Å². The van der Waals surface area contributed by atoms with E-state index in [9.17, 15) is 0 Å². The highest BCUT2D eigenvalue weighted by Crippen LogP contribution is 2.56. The monoisotopic (exact) mass is 908 g/mol. The van der Waals surface area contributed by atoms with Crippen molar-refractivity contribution >= 4 is 11.0 Å². The van der Waals surface area contributed by atoms with Gasteiger partial charge in [-0.3, -0.25) is 4.57 Å². The van der Waals surface area contributed by atoms with Crippen molar-refractivity contribution in [3.05, 3.63) is 264 Å². The fourth-order valence-corrected chi connectivity index (χ4v) is 10.7. The van der Waals surface area contributed by atoms with Gasteiger partial charge in [0.25, 0.3) is 0 Å². The number of para-hydroxylation sites is 3. The molecule has 2 unspecified atom stereocenters. The highest BCUT2D eigenvalue weighted by molar-refractivity contribution is 5.88. The van der Waals surface area contributed by atoms with Crippen molar-refractivity contribution in [3.63, 3.8) is 0 Å². The van der Waals surface area contributed by atoms with Crippen LogP contribution in [0.5, 0.6) is 0 Å². The van der Waals surface area contributed by atoms with Gasteiger partial charge in [-0.1, -0.05) is 194 Å². The molecule has 8 nitrogen and oxygen atoms in total. The van der Waals surface area contributed by atoms with Gasteiger partial charge in [-0.15, -0.1) is 0 Å². The van der Waals surface area contributed by atoms with Crippen LogP contribution in [-0.4, -0.2) is 39.5 Å². The van der Waals surface area contributed by atoms with E-state index in [1.54, 1.807) is 0 Å². The summed E-state index contributed by atoms with van der Waals surface area (Å²) in [7, 11) is 0. The first-order valence-electron chi connectivity index (χ1n) is 23.9. The molecule has 0 fully saturated rings. The van der Waals surface area contributed by atoms with Gasteiger partial charge in [0.15, 0.2) is 34.9 Å². The second-order valence-electron chi connectivity index (χ2n) is 18.0. The molecule has 15 rings (SSSR count). The van der Waals surface area contributed by atoms with Crippen LogP contribution in [0.15, 0.2) is 231 Å². The molecule has 0 N–H and O–H groups in total. The maximum absolute atomic E-state index is 5.37. The first-order valence-corrected chi connectivity index (χ1v) is 23.9. The van der Waals surface area contributed by atoms with E-state index in [0.717, 1.165) is 61.5 Å². The van der Waals surface area contributed by atoms with E-state index in [1.165, 1.54) is 33.4 Å². The number of hydrogen-bond acceptors (Lipinski definition) is 7. The van der Waals surface area contributed by atoms with Crippen molar-refractivity contribution in [2.45, 2.75) is 11.8 Å². The number of hydrogen-bond donors (Lipinski definition) is 0. The molecule has 0 radical (unpaired) electrons. The third kappa shape index (κ3) is 6.87. The first kappa shape index (κ1) is 40.5. The van der Waals surface area contributed by atoms with Crippen LogP contribution in [-0.2, 0) is 0 Å². The average molecular weight is 909 g/mol. The van der Waals surface area contributed by atoms with E-state index in [2.05, 4.69) is 138 Å². The summed E-state index contributed by atoms with van der Waals surface area (Å²) in [5, 5.41) is 0. The van der Waals surface area contributed by atoms with Crippen molar-refractivity contribution < 1.29 is 0 Å². The van der Waals surface area contributed by atoms with Gasteiger partial charge in [-0.2, -0.15) is 0 Å². The van der Waals surface area contributed by atoms with Crippen LogP contribution in [0.1, 0.15) is 45.2 Å². The summed E-state index contributed by atoms with van der Waals surface area (Å²) in [6.07, 6.45) is 0. The minimum absolute atomic E-state index is 0.00349. The lowest BCUT2D eigenvalue weighted by molar-refractivity contribution is 0.754. The molecule has 3 aromatic heterocycles. The van der Waals surface area contributed by atoms with Gasteiger partial charge in [0.2, 0.25) is 0 Å². The van der Waals surface area contributed by atoms with Crippen LogP contribution >= 0.6 is 0 Å². The quantitative estimate of drug-likeness (QED) is 0.150. The van der Waals surface area contributed by atoms with Crippen LogP contribution in [0.25, 0.3) is 96.4 Å². The van der Waals surface area contributed by atoms with E-state index < -0.39 is 0 Å². The molecule has 8 heteroatoms. The SMILES string of the molecule is c1ccc(-c2nc(-c3ccccc3)nc(-c3ccc4c(c3)C3c5ccccc5C4c4cc(-c5nc(-c6ccccc6)nc(-c6ccccc6-c6nc7ccccc7n6-c6ccccc6)n5)ccc43)n2)cc1. The van der Waals surface area contributed by atoms with Crippen molar-refractivity contribution in [1.82, 2.24) is 39.5 Å². The fraction of sp³-hybridized carbons (Fsp3) is 0.0317. The Kier molecular flexibility index (Phi) is 9.48. The summed E-state index contributed by atoms with van der Waals surface area (Å²) in [6.45, 7) is 0. The molecule has 0 spiro atoms. The number of fused-ring (bicyclic) bond motifs is 1.